The van der Waals surface area contributed by atoms with Crippen molar-refractivity contribution < 1.29 is 9.53 Å². The van der Waals surface area contributed by atoms with Crippen LogP contribution in [0.3, 0.4) is 0 Å². The monoisotopic (exact) mass is 356 g/mol. The van der Waals surface area contributed by atoms with E-state index in [9.17, 15) is 4.79 Å². The first-order valence-corrected chi connectivity index (χ1v) is 8.59. The van der Waals surface area contributed by atoms with Crippen LogP contribution in [-0.4, -0.2) is 19.2 Å². The summed E-state index contributed by atoms with van der Waals surface area (Å²) >= 11 is 0. The van der Waals surface area contributed by atoms with Gasteiger partial charge in [-0.25, -0.2) is 4.79 Å². The second-order valence-electron chi connectivity index (χ2n) is 5.81. The molecule has 0 saturated heterocycles. The van der Waals surface area contributed by atoms with Crippen molar-refractivity contribution in [2.75, 3.05) is 12.1 Å². The van der Waals surface area contributed by atoms with E-state index in [1.165, 1.54) is 6.08 Å². The maximum Gasteiger partial charge on any atom is 0.336 e. The number of carbonyl (C=O) groups excluding carboxylic acids is 1. The van der Waals surface area contributed by atoms with Gasteiger partial charge in [-0.3, -0.25) is 5.01 Å². The van der Waals surface area contributed by atoms with Gasteiger partial charge in [0.2, 0.25) is 0 Å². The highest BCUT2D eigenvalue weighted by Crippen LogP contribution is 2.18. The molecule has 4 nitrogen and oxygen atoms in total. The predicted octanol–water partition coefficient (Wildman–Crippen LogP) is 4.78. The van der Waals surface area contributed by atoms with Gasteiger partial charge in [0.05, 0.1) is 11.9 Å². The first kappa shape index (κ1) is 18.1. The van der Waals surface area contributed by atoms with Crippen molar-refractivity contribution in [3.63, 3.8) is 0 Å². The van der Waals surface area contributed by atoms with Gasteiger partial charge < -0.3 is 4.74 Å². The number of anilines is 1. The Morgan fingerprint density at radius 2 is 1.52 bits per heavy atom. The highest BCUT2D eigenvalue weighted by Gasteiger charge is 2.06. The van der Waals surface area contributed by atoms with E-state index >= 15 is 0 Å². The van der Waals surface area contributed by atoms with E-state index in [4.69, 9.17) is 4.74 Å². The molecule has 0 atom stereocenters. The zero-order chi connectivity index (χ0) is 18.9. The second kappa shape index (κ2) is 9.15. The molecule has 0 amide bonds. The van der Waals surface area contributed by atoms with E-state index in [1.807, 2.05) is 85.9 Å². The van der Waals surface area contributed by atoms with Crippen molar-refractivity contribution in [1.82, 2.24) is 0 Å². The summed E-state index contributed by atoms with van der Waals surface area (Å²) in [6.07, 6.45) is 4.82. The molecule has 3 rings (SSSR count). The van der Waals surface area contributed by atoms with Gasteiger partial charge in [-0.15, -0.1) is 0 Å². The molecule has 4 heteroatoms. The summed E-state index contributed by atoms with van der Waals surface area (Å²) in [6.45, 7) is 0. The molecule has 0 fully saturated rings. The van der Waals surface area contributed by atoms with Crippen LogP contribution in [0.4, 0.5) is 5.69 Å². The molecule has 0 spiro atoms. The number of hydrogen-bond donors (Lipinski definition) is 0. The summed E-state index contributed by atoms with van der Waals surface area (Å²) < 4.78 is 5.47. The number of benzene rings is 3. The van der Waals surface area contributed by atoms with Gasteiger partial charge in [-0.1, -0.05) is 60.7 Å². The summed E-state index contributed by atoms with van der Waals surface area (Å²) in [4.78, 5) is 12.1. The van der Waals surface area contributed by atoms with Gasteiger partial charge >= 0.3 is 5.97 Å². The second-order valence-corrected chi connectivity index (χ2v) is 5.81. The van der Waals surface area contributed by atoms with Crippen molar-refractivity contribution in [2.45, 2.75) is 0 Å². The molecule has 134 valence electrons. The Balaban J connectivity index is 1.69. The summed E-state index contributed by atoms with van der Waals surface area (Å²) in [5, 5.41) is 6.18. The number of nitrogens with zero attached hydrogens (tertiary/aromatic N) is 2. The average Bonchev–Trinajstić information content (AvgIpc) is 2.73. The van der Waals surface area contributed by atoms with Crippen LogP contribution in [0.15, 0.2) is 96.1 Å². The molecule has 3 aromatic rings. The normalized spacial score (nSPS) is 11.0. The first-order chi connectivity index (χ1) is 13.2. The molecule has 0 radical (unpaired) electrons. The van der Waals surface area contributed by atoms with Gasteiger partial charge in [-0.2, -0.15) is 5.10 Å². The quantitative estimate of drug-likeness (QED) is 0.210. The van der Waals surface area contributed by atoms with Gasteiger partial charge in [0.25, 0.3) is 0 Å². The molecule has 0 aromatic heterocycles. The largest absolute Gasteiger partial charge is 0.423 e. The number of esters is 1. The summed E-state index contributed by atoms with van der Waals surface area (Å²) in [5.41, 5.74) is 2.63. The third kappa shape index (κ3) is 5.41. The minimum atomic E-state index is -0.434. The average molecular weight is 356 g/mol. The molecule has 0 bridgehead atoms. The molecule has 0 unspecified atom stereocenters. The Bertz CT molecular complexity index is 935. The molecule has 27 heavy (non-hydrogen) atoms. The lowest BCUT2D eigenvalue weighted by Gasteiger charge is -2.12. The highest BCUT2D eigenvalue weighted by atomic mass is 16.5. The lowest BCUT2D eigenvalue weighted by Crippen LogP contribution is -2.09. The smallest absolute Gasteiger partial charge is 0.336 e. The van der Waals surface area contributed by atoms with Crippen molar-refractivity contribution in [1.29, 1.82) is 0 Å². The minimum Gasteiger partial charge on any atom is -0.423 e. The van der Waals surface area contributed by atoms with Crippen LogP contribution in [0.5, 0.6) is 5.75 Å². The van der Waals surface area contributed by atoms with Gasteiger partial charge in [0.1, 0.15) is 5.75 Å². The van der Waals surface area contributed by atoms with E-state index in [-0.39, 0.29) is 0 Å². The van der Waals surface area contributed by atoms with Gasteiger partial charge in [0, 0.05) is 18.7 Å². The standard InChI is InChI=1S/C23H20N2O2/c1-25(21-13-6-3-7-14-21)24-18-20-12-8-9-15-22(20)27-23(26)17-16-19-10-4-2-5-11-19/h2-18H,1H3/b17-16+,24-18+. The van der Waals surface area contributed by atoms with Crippen LogP contribution in [0, 0.1) is 0 Å². The molecule has 0 N–H and O–H groups in total. The SMILES string of the molecule is CN(/N=C/c1ccccc1OC(=O)/C=C/c1ccccc1)c1ccccc1. The molecule has 0 saturated carbocycles. The lowest BCUT2D eigenvalue weighted by molar-refractivity contribution is -0.128. The van der Waals surface area contributed by atoms with Crippen LogP contribution in [0.2, 0.25) is 0 Å². The Kier molecular flexibility index (Phi) is 6.15. The molecule has 0 aliphatic carbocycles. The Labute approximate surface area is 159 Å². The Morgan fingerprint density at radius 1 is 0.889 bits per heavy atom. The molecule has 0 aliphatic heterocycles. The summed E-state index contributed by atoms with van der Waals surface area (Å²) in [5.74, 6) is 0.0292. The van der Waals surface area contributed by atoms with E-state index in [1.54, 1.807) is 23.4 Å². The minimum absolute atomic E-state index is 0.434. The number of carbonyl (C=O) groups is 1. The van der Waals surface area contributed by atoms with E-state index in [0.29, 0.717) is 5.75 Å². The fourth-order valence-corrected chi connectivity index (χ4v) is 2.41. The van der Waals surface area contributed by atoms with E-state index in [0.717, 1.165) is 16.8 Å². The number of ether oxygens (including phenoxy) is 1. The van der Waals surface area contributed by atoms with Crippen molar-refractivity contribution in [2.24, 2.45) is 5.10 Å². The van der Waals surface area contributed by atoms with Gasteiger partial charge in [-0.05, 0) is 35.9 Å². The van der Waals surface area contributed by atoms with E-state index in [2.05, 4.69) is 5.10 Å². The topological polar surface area (TPSA) is 41.9 Å². The first-order valence-electron chi connectivity index (χ1n) is 8.59. The van der Waals surface area contributed by atoms with Crippen molar-refractivity contribution in [3.8, 4) is 5.75 Å². The highest BCUT2D eigenvalue weighted by molar-refractivity contribution is 5.91. The van der Waals surface area contributed by atoms with Crippen molar-refractivity contribution in [3.05, 3.63) is 102 Å². The maximum atomic E-state index is 12.1. The zero-order valence-electron chi connectivity index (χ0n) is 15.0. The van der Waals surface area contributed by atoms with Crippen LogP contribution < -0.4 is 9.75 Å². The summed E-state index contributed by atoms with van der Waals surface area (Å²) in [6, 6.07) is 26.7. The fourth-order valence-electron chi connectivity index (χ4n) is 2.41. The van der Waals surface area contributed by atoms with Crippen LogP contribution >= 0.6 is 0 Å². The fraction of sp³-hybridized carbons (Fsp3) is 0.0435. The van der Waals surface area contributed by atoms with Gasteiger partial charge in [0.15, 0.2) is 0 Å². The third-order valence-corrected chi connectivity index (χ3v) is 3.84. The Hall–Kier alpha value is -3.66. The molecule has 3 aromatic carbocycles. The number of hydrazone groups is 1. The maximum absolute atomic E-state index is 12.1. The molecule has 0 heterocycles. The van der Waals surface area contributed by atoms with E-state index < -0.39 is 5.97 Å². The number of para-hydroxylation sites is 2. The van der Waals surface area contributed by atoms with Crippen LogP contribution in [-0.2, 0) is 4.79 Å². The third-order valence-electron chi connectivity index (χ3n) is 3.84. The van der Waals surface area contributed by atoms with Crippen LogP contribution in [0.25, 0.3) is 6.08 Å². The Morgan fingerprint density at radius 3 is 2.26 bits per heavy atom. The number of hydrogen-bond acceptors (Lipinski definition) is 4. The lowest BCUT2D eigenvalue weighted by atomic mass is 10.2. The number of rotatable bonds is 6. The summed E-state index contributed by atoms with van der Waals surface area (Å²) in [7, 11) is 1.86. The van der Waals surface area contributed by atoms with Crippen LogP contribution in [0.1, 0.15) is 11.1 Å². The van der Waals surface area contributed by atoms with Crippen molar-refractivity contribution >= 4 is 23.9 Å². The molecule has 0 aliphatic rings. The predicted molar refractivity (Wildman–Crippen MR) is 110 cm³/mol. The molecular formula is C23H20N2O2. The zero-order valence-corrected chi connectivity index (χ0v) is 15.0. The molecular weight excluding hydrogens is 336 g/mol.